The highest BCUT2D eigenvalue weighted by Crippen LogP contribution is 2.13. The van der Waals surface area contributed by atoms with Crippen LogP contribution in [0, 0.1) is 11.2 Å². The molecule has 0 amide bonds. The first kappa shape index (κ1) is 12.6. The fourth-order valence-electron chi connectivity index (χ4n) is 1.69. The van der Waals surface area contributed by atoms with E-state index >= 15 is 0 Å². The molecule has 4 heteroatoms. The summed E-state index contributed by atoms with van der Waals surface area (Å²) in [7, 11) is 2.00. The molecular weight excluding hydrogens is 205 g/mol. The summed E-state index contributed by atoms with van der Waals surface area (Å²) in [6, 6.07) is 4.41. The van der Waals surface area contributed by atoms with Crippen LogP contribution in [0.25, 0.3) is 0 Å². The molecule has 3 nitrogen and oxygen atoms in total. The van der Waals surface area contributed by atoms with Gasteiger partial charge in [-0.25, -0.2) is 4.39 Å². The van der Waals surface area contributed by atoms with Gasteiger partial charge in [0.05, 0.1) is 0 Å². The molecule has 88 valence electrons. The SMILES string of the molecule is CCCN(C)Cc1ccc(F)cc1C(=N)N. The minimum atomic E-state index is -0.355. The van der Waals surface area contributed by atoms with Crippen molar-refractivity contribution in [2.45, 2.75) is 19.9 Å². The highest BCUT2D eigenvalue weighted by Gasteiger charge is 2.08. The number of nitrogens with one attached hydrogen (secondary N) is 1. The standard InChI is InChI=1S/C12H18FN3/c1-3-6-16(2)8-9-4-5-10(13)7-11(9)12(14)15/h4-5,7H,3,6,8H2,1-2H3,(H3,14,15). The molecule has 3 N–H and O–H groups in total. The number of benzene rings is 1. The minimum Gasteiger partial charge on any atom is -0.384 e. The molecule has 1 aromatic rings. The lowest BCUT2D eigenvalue weighted by Gasteiger charge is -2.17. The second-order valence-corrected chi connectivity index (χ2v) is 3.95. The first-order valence-corrected chi connectivity index (χ1v) is 5.36. The van der Waals surface area contributed by atoms with Crippen LogP contribution in [0.4, 0.5) is 4.39 Å². The molecule has 0 spiro atoms. The zero-order valence-electron chi connectivity index (χ0n) is 9.76. The minimum absolute atomic E-state index is 0.0839. The number of hydrogen-bond donors (Lipinski definition) is 2. The van der Waals surface area contributed by atoms with Crippen molar-refractivity contribution in [1.29, 1.82) is 5.41 Å². The smallest absolute Gasteiger partial charge is 0.123 e. The molecular formula is C12H18FN3. The van der Waals surface area contributed by atoms with Gasteiger partial charge in [0.25, 0.3) is 0 Å². The number of nitrogen functional groups attached to an aromatic ring is 1. The van der Waals surface area contributed by atoms with E-state index in [9.17, 15) is 4.39 Å². The van der Waals surface area contributed by atoms with Crippen LogP contribution in [0.3, 0.4) is 0 Å². The number of nitrogens with zero attached hydrogens (tertiary/aromatic N) is 1. The Morgan fingerprint density at radius 3 is 2.75 bits per heavy atom. The lowest BCUT2D eigenvalue weighted by atomic mass is 10.1. The number of hydrogen-bond acceptors (Lipinski definition) is 2. The monoisotopic (exact) mass is 223 g/mol. The fourth-order valence-corrected chi connectivity index (χ4v) is 1.69. The van der Waals surface area contributed by atoms with E-state index in [1.807, 2.05) is 7.05 Å². The van der Waals surface area contributed by atoms with Gasteiger partial charge in [0.15, 0.2) is 0 Å². The van der Waals surface area contributed by atoms with Crippen LogP contribution in [0.1, 0.15) is 24.5 Å². The third-order valence-corrected chi connectivity index (χ3v) is 2.41. The first-order valence-electron chi connectivity index (χ1n) is 5.36. The molecule has 1 aromatic carbocycles. The van der Waals surface area contributed by atoms with Crippen molar-refractivity contribution in [2.75, 3.05) is 13.6 Å². The molecule has 16 heavy (non-hydrogen) atoms. The molecule has 0 unspecified atom stereocenters. The molecule has 0 aliphatic carbocycles. The fraction of sp³-hybridized carbons (Fsp3) is 0.417. The van der Waals surface area contributed by atoms with Crippen molar-refractivity contribution in [2.24, 2.45) is 5.73 Å². The predicted molar refractivity (Wildman–Crippen MR) is 64.0 cm³/mol. The van der Waals surface area contributed by atoms with E-state index in [1.54, 1.807) is 6.07 Å². The normalized spacial score (nSPS) is 10.8. The predicted octanol–water partition coefficient (Wildman–Crippen LogP) is 1.95. The van der Waals surface area contributed by atoms with E-state index in [-0.39, 0.29) is 11.7 Å². The molecule has 0 saturated carbocycles. The number of amidine groups is 1. The number of rotatable bonds is 5. The summed E-state index contributed by atoms with van der Waals surface area (Å²) in [5.74, 6) is -0.438. The Morgan fingerprint density at radius 2 is 2.19 bits per heavy atom. The lowest BCUT2D eigenvalue weighted by Crippen LogP contribution is -2.22. The molecule has 0 aliphatic heterocycles. The van der Waals surface area contributed by atoms with Gasteiger partial charge in [-0.3, -0.25) is 5.41 Å². The summed E-state index contributed by atoms with van der Waals surface area (Å²) in [6.45, 7) is 3.75. The molecule has 1 rings (SSSR count). The van der Waals surface area contributed by atoms with Crippen LogP contribution in [0.2, 0.25) is 0 Å². The van der Waals surface area contributed by atoms with Gasteiger partial charge in [0, 0.05) is 12.1 Å². The highest BCUT2D eigenvalue weighted by atomic mass is 19.1. The third-order valence-electron chi connectivity index (χ3n) is 2.41. The average Bonchev–Trinajstić information content (AvgIpc) is 2.20. The van der Waals surface area contributed by atoms with E-state index in [4.69, 9.17) is 11.1 Å². The zero-order chi connectivity index (χ0) is 12.1. The lowest BCUT2D eigenvalue weighted by molar-refractivity contribution is 0.327. The van der Waals surface area contributed by atoms with E-state index in [0.29, 0.717) is 12.1 Å². The van der Waals surface area contributed by atoms with Crippen molar-refractivity contribution in [3.63, 3.8) is 0 Å². The van der Waals surface area contributed by atoms with Gasteiger partial charge in [-0.15, -0.1) is 0 Å². The number of nitrogens with two attached hydrogens (primary N) is 1. The van der Waals surface area contributed by atoms with Gasteiger partial charge in [0.1, 0.15) is 11.7 Å². The van der Waals surface area contributed by atoms with Crippen LogP contribution in [-0.2, 0) is 6.54 Å². The van der Waals surface area contributed by atoms with Crippen molar-refractivity contribution >= 4 is 5.84 Å². The summed E-state index contributed by atoms with van der Waals surface area (Å²) in [5.41, 5.74) is 6.81. The van der Waals surface area contributed by atoms with Crippen LogP contribution in [-0.4, -0.2) is 24.3 Å². The van der Waals surface area contributed by atoms with E-state index < -0.39 is 0 Å². The highest BCUT2D eigenvalue weighted by molar-refractivity contribution is 5.96. The Balaban J connectivity index is 2.90. The average molecular weight is 223 g/mol. The first-order chi connectivity index (χ1) is 7.54. The van der Waals surface area contributed by atoms with Crippen molar-refractivity contribution in [3.05, 3.63) is 35.1 Å². The Kier molecular flexibility index (Phi) is 4.43. The Morgan fingerprint density at radius 1 is 1.50 bits per heavy atom. The second-order valence-electron chi connectivity index (χ2n) is 3.95. The largest absolute Gasteiger partial charge is 0.384 e. The Hall–Kier alpha value is -1.42. The van der Waals surface area contributed by atoms with Gasteiger partial charge in [-0.1, -0.05) is 13.0 Å². The van der Waals surface area contributed by atoms with Crippen LogP contribution >= 0.6 is 0 Å². The second kappa shape index (κ2) is 5.61. The maximum absolute atomic E-state index is 13.0. The maximum Gasteiger partial charge on any atom is 0.123 e. The van der Waals surface area contributed by atoms with E-state index in [0.717, 1.165) is 18.5 Å². The molecule has 0 fully saturated rings. The Bertz CT molecular complexity index is 377. The topological polar surface area (TPSA) is 53.1 Å². The van der Waals surface area contributed by atoms with Gasteiger partial charge in [-0.05, 0) is 37.7 Å². The van der Waals surface area contributed by atoms with Crippen LogP contribution in [0.15, 0.2) is 18.2 Å². The summed E-state index contributed by atoms with van der Waals surface area (Å²) in [5, 5.41) is 7.41. The summed E-state index contributed by atoms with van der Waals surface area (Å²) in [4.78, 5) is 2.12. The quantitative estimate of drug-likeness (QED) is 0.592. The van der Waals surface area contributed by atoms with Gasteiger partial charge >= 0.3 is 0 Å². The van der Waals surface area contributed by atoms with Crippen LogP contribution < -0.4 is 5.73 Å². The third kappa shape index (κ3) is 3.31. The molecule has 0 bridgehead atoms. The maximum atomic E-state index is 13.0. The van der Waals surface area contributed by atoms with E-state index in [1.165, 1.54) is 12.1 Å². The van der Waals surface area contributed by atoms with Crippen molar-refractivity contribution < 1.29 is 4.39 Å². The van der Waals surface area contributed by atoms with Gasteiger partial charge in [0.2, 0.25) is 0 Å². The molecule has 0 heterocycles. The zero-order valence-corrected chi connectivity index (χ0v) is 9.76. The van der Waals surface area contributed by atoms with Gasteiger partial charge in [-0.2, -0.15) is 0 Å². The summed E-state index contributed by atoms with van der Waals surface area (Å²) < 4.78 is 13.0. The van der Waals surface area contributed by atoms with Crippen LogP contribution in [0.5, 0.6) is 0 Å². The van der Waals surface area contributed by atoms with Gasteiger partial charge < -0.3 is 10.6 Å². The summed E-state index contributed by atoms with van der Waals surface area (Å²) >= 11 is 0. The molecule has 0 aliphatic rings. The Labute approximate surface area is 95.6 Å². The molecule has 0 aromatic heterocycles. The van der Waals surface area contributed by atoms with Crippen molar-refractivity contribution in [3.8, 4) is 0 Å². The van der Waals surface area contributed by atoms with Crippen molar-refractivity contribution in [1.82, 2.24) is 4.90 Å². The molecule has 0 radical (unpaired) electrons. The summed E-state index contributed by atoms with van der Waals surface area (Å²) in [6.07, 6.45) is 1.06. The number of halogens is 1. The van der Waals surface area contributed by atoms with E-state index in [2.05, 4.69) is 11.8 Å². The molecule has 0 atom stereocenters. The molecule has 0 saturated heterocycles.